The second-order valence-corrected chi connectivity index (χ2v) is 9.04. The first-order valence-corrected chi connectivity index (χ1v) is 9.57. The maximum Gasteiger partial charge on any atom is 0.243 e. The van der Waals surface area contributed by atoms with Gasteiger partial charge in [0.25, 0.3) is 0 Å². The first kappa shape index (κ1) is 17.2. The van der Waals surface area contributed by atoms with Crippen LogP contribution in [0.15, 0.2) is 17.0 Å². The predicted octanol–water partition coefficient (Wildman–Crippen LogP) is 1.98. The summed E-state index contributed by atoms with van der Waals surface area (Å²) >= 11 is 6.08. The molecule has 0 unspecified atom stereocenters. The zero-order valence-corrected chi connectivity index (χ0v) is 15.0. The molecule has 0 aromatic heterocycles. The quantitative estimate of drug-likeness (QED) is 0.896. The lowest BCUT2D eigenvalue weighted by atomic mass is 9.76. The summed E-state index contributed by atoms with van der Waals surface area (Å²) in [6, 6.07) is 3.33. The predicted molar refractivity (Wildman–Crippen MR) is 88.1 cm³/mol. The van der Waals surface area contributed by atoms with Crippen molar-refractivity contribution in [1.29, 1.82) is 0 Å². The lowest BCUT2D eigenvalue weighted by Crippen LogP contribution is -2.43. The van der Waals surface area contributed by atoms with E-state index in [1.165, 1.54) is 4.31 Å². The number of halogens is 1. The van der Waals surface area contributed by atoms with Gasteiger partial charge in [-0.15, -0.1) is 0 Å². The van der Waals surface area contributed by atoms with E-state index in [1.54, 1.807) is 26.0 Å². The molecule has 2 fully saturated rings. The van der Waals surface area contributed by atoms with Gasteiger partial charge in [0.05, 0.1) is 18.1 Å². The molecule has 2 aliphatic rings. The van der Waals surface area contributed by atoms with Gasteiger partial charge >= 0.3 is 0 Å². The van der Waals surface area contributed by atoms with Gasteiger partial charge in [0.2, 0.25) is 10.0 Å². The maximum absolute atomic E-state index is 13.1. The highest BCUT2D eigenvalue weighted by Crippen LogP contribution is 2.43. The second kappa shape index (κ2) is 6.01. The van der Waals surface area contributed by atoms with Gasteiger partial charge in [0, 0.05) is 30.1 Å². The highest BCUT2D eigenvalue weighted by Gasteiger charge is 2.51. The Kier molecular flexibility index (Phi) is 4.48. The Bertz CT molecular complexity index is 721. The van der Waals surface area contributed by atoms with Crippen LogP contribution in [0.2, 0.25) is 5.02 Å². The van der Waals surface area contributed by atoms with E-state index in [0.29, 0.717) is 41.8 Å². The van der Waals surface area contributed by atoms with E-state index in [1.807, 2.05) is 0 Å². The summed E-state index contributed by atoms with van der Waals surface area (Å²) in [6.07, 6.45) is 0.783. The number of nitrogens with zero attached hydrogens (tertiary/aromatic N) is 1. The molecule has 3 rings (SSSR count). The van der Waals surface area contributed by atoms with Crippen LogP contribution in [0.1, 0.15) is 17.5 Å². The van der Waals surface area contributed by atoms with Crippen molar-refractivity contribution in [3.8, 4) is 0 Å². The Morgan fingerprint density at radius 1 is 1.39 bits per heavy atom. The van der Waals surface area contributed by atoms with E-state index in [2.05, 4.69) is 0 Å². The summed E-state index contributed by atoms with van der Waals surface area (Å²) in [7, 11) is -3.61. The van der Waals surface area contributed by atoms with Crippen molar-refractivity contribution in [2.24, 2.45) is 11.3 Å². The zero-order chi connectivity index (χ0) is 16.8. The van der Waals surface area contributed by atoms with Crippen LogP contribution in [-0.2, 0) is 14.8 Å². The first-order valence-electron chi connectivity index (χ1n) is 7.76. The van der Waals surface area contributed by atoms with E-state index in [-0.39, 0.29) is 12.5 Å². The highest BCUT2D eigenvalue weighted by molar-refractivity contribution is 7.89. The third-order valence-corrected chi connectivity index (χ3v) is 7.53. The molecular weight excluding hydrogens is 338 g/mol. The average Bonchev–Trinajstić information content (AvgIpc) is 2.91. The van der Waals surface area contributed by atoms with E-state index >= 15 is 0 Å². The number of aliphatic hydroxyl groups is 1. The minimum atomic E-state index is -3.61. The molecule has 2 heterocycles. The molecular formula is C16H22ClNO4S. The van der Waals surface area contributed by atoms with Crippen LogP contribution in [0.3, 0.4) is 0 Å². The molecule has 1 aromatic carbocycles. The lowest BCUT2D eigenvalue weighted by molar-refractivity contribution is -0.0552. The molecule has 128 valence electrons. The molecule has 7 heteroatoms. The van der Waals surface area contributed by atoms with Crippen LogP contribution in [0.5, 0.6) is 0 Å². The number of aryl methyl sites for hydroxylation is 2. The Labute approximate surface area is 142 Å². The molecule has 0 radical (unpaired) electrons. The summed E-state index contributed by atoms with van der Waals surface area (Å²) in [5.74, 6) is 0.143. The molecule has 0 saturated carbocycles. The fraction of sp³-hybridized carbons (Fsp3) is 0.625. The van der Waals surface area contributed by atoms with Crippen LogP contribution < -0.4 is 0 Å². The largest absolute Gasteiger partial charge is 0.396 e. The van der Waals surface area contributed by atoms with Gasteiger partial charge in [-0.05, 0) is 49.4 Å². The number of fused-ring (bicyclic) bond motifs is 1. The first-order chi connectivity index (χ1) is 10.8. The Hall–Kier alpha value is -0.660. The molecule has 23 heavy (non-hydrogen) atoms. The smallest absolute Gasteiger partial charge is 0.243 e. The maximum atomic E-state index is 13.1. The van der Waals surface area contributed by atoms with Crippen molar-refractivity contribution in [2.45, 2.75) is 25.2 Å². The van der Waals surface area contributed by atoms with Crippen LogP contribution >= 0.6 is 11.6 Å². The van der Waals surface area contributed by atoms with Crippen LogP contribution in [-0.4, -0.2) is 50.7 Å². The number of sulfonamides is 1. The second-order valence-electron chi connectivity index (χ2n) is 6.72. The topological polar surface area (TPSA) is 66.8 Å². The molecule has 1 aromatic rings. The molecule has 0 amide bonds. The standard InChI is InChI=1S/C16H22ClNO4S/c1-11-6-15(12(2)5-14(11)17)23(20,21)18-7-13-3-4-22-10-16(13,8-18)9-19/h5-6,13,19H,3-4,7-10H2,1-2H3/t13-,16+/m0/s1. The van der Waals surface area contributed by atoms with Gasteiger partial charge in [-0.3, -0.25) is 0 Å². The molecule has 0 spiro atoms. The van der Waals surface area contributed by atoms with Crippen molar-refractivity contribution in [3.05, 3.63) is 28.3 Å². The summed E-state index contributed by atoms with van der Waals surface area (Å²) < 4.78 is 33.2. The highest BCUT2D eigenvalue weighted by atomic mass is 35.5. The minimum Gasteiger partial charge on any atom is -0.396 e. The average molecular weight is 360 g/mol. The summed E-state index contributed by atoms with van der Waals surface area (Å²) in [5.41, 5.74) is 0.915. The zero-order valence-electron chi connectivity index (χ0n) is 13.4. The number of hydrogen-bond acceptors (Lipinski definition) is 4. The van der Waals surface area contributed by atoms with Crippen LogP contribution in [0.25, 0.3) is 0 Å². The Balaban J connectivity index is 1.97. The van der Waals surface area contributed by atoms with Crippen LogP contribution in [0, 0.1) is 25.2 Å². The molecule has 0 bridgehead atoms. The van der Waals surface area contributed by atoms with Crippen molar-refractivity contribution in [2.75, 3.05) is 32.9 Å². The number of rotatable bonds is 3. The summed E-state index contributed by atoms with van der Waals surface area (Å²) in [6.45, 7) is 5.28. The number of hydrogen-bond donors (Lipinski definition) is 1. The van der Waals surface area contributed by atoms with Crippen molar-refractivity contribution in [3.63, 3.8) is 0 Å². The normalized spacial score (nSPS) is 28.8. The van der Waals surface area contributed by atoms with Crippen molar-refractivity contribution >= 4 is 21.6 Å². The van der Waals surface area contributed by atoms with Gasteiger partial charge in [-0.25, -0.2) is 8.42 Å². The number of ether oxygens (including phenoxy) is 1. The third-order valence-electron chi connectivity index (χ3n) is 5.17. The molecule has 0 aliphatic carbocycles. The fourth-order valence-electron chi connectivity index (χ4n) is 3.63. The van der Waals surface area contributed by atoms with Gasteiger partial charge < -0.3 is 9.84 Å². The molecule has 2 saturated heterocycles. The SMILES string of the molecule is Cc1cc(S(=O)(=O)N2C[C@@H]3CCOC[C@]3(CO)C2)c(C)cc1Cl. The van der Waals surface area contributed by atoms with E-state index < -0.39 is 15.4 Å². The van der Waals surface area contributed by atoms with Gasteiger partial charge in [0.15, 0.2) is 0 Å². The van der Waals surface area contributed by atoms with Gasteiger partial charge in [-0.2, -0.15) is 4.31 Å². The number of aliphatic hydroxyl groups excluding tert-OH is 1. The van der Waals surface area contributed by atoms with Gasteiger partial charge in [0.1, 0.15) is 0 Å². The Morgan fingerprint density at radius 2 is 2.13 bits per heavy atom. The summed E-state index contributed by atoms with van der Waals surface area (Å²) in [4.78, 5) is 0.298. The minimum absolute atomic E-state index is 0.0533. The van der Waals surface area contributed by atoms with E-state index in [0.717, 1.165) is 12.0 Å². The summed E-state index contributed by atoms with van der Waals surface area (Å²) in [5, 5.41) is 10.4. The van der Waals surface area contributed by atoms with Crippen molar-refractivity contribution < 1.29 is 18.3 Å². The monoisotopic (exact) mass is 359 g/mol. The van der Waals surface area contributed by atoms with Crippen molar-refractivity contribution in [1.82, 2.24) is 4.31 Å². The van der Waals surface area contributed by atoms with E-state index in [4.69, 9.17) is 16.3 Å². The molecule has 2 aliphatic heterocycles. The Morgan fingerprint density at radius 3 is 2.78 bits per heavy atom. The van der Waals surface area contributed by atoms with Gasteiger partial charge in [-0.1, -0.05) is 11.6 Å². The number of benzene rings is 1. The molecule has 1 N–H and O–H groups in total. The fourth-order valence-corrected chi connectivity index (χ4v) is 5.72. The third kappa shape index (κ3) is 2.81. The van der Waals surface area contributed by atoms with Crippen LogP contribution in [0.4, 0.5) is 0 Å². The molecule has 5 nitrogen and oxygen atoms in total. The molecule has 2 atom stereocenters. The van der Waals surface area contributed by atoms with E-state index in [9.17, 15) is 13.5 Å². The lowest BCUT2D eigenvalue weighted by Gasteiger charge is -2.36.